The van der Waals surface area contributed by atoms with Gasteiger partial charge < -0.3 is 4.74 Å². The summed E-state index contributed by atoms with van der Waals surface area (Å²) in [6.45, 7) is 0. The highest BCUT2D eigenvalue weighted by atomic mass is 32.2. The maximum absolute atomic E-state index is 11.2. The molecule has 0 unspecified atom stereocenters. The third kappa shape index (κ3) is 4.54. The molecule has 0 saturated carbocycles. The molecule has 0 aromatic heterocycles. The fourth-order valence-electron chi connectivity index (χ4n) is 1.03. The van der Waals surface area contributed by atoms with E-state index in [0.717, 1.165) is 5.56 Å². The average Bonchev–Trinajstić information content (AvgIpc) is 2.38. The molecule has 0 bridgehead atoms. The SMILES string of the molecule is COC(=O)c1ccc(/C=N/NC(=S)SC)cc1. The van der Waals surface area contributed by atoms with Crippen molar-refractivity contribution in [2.75, 3.05) is 13.4 Å². The molecule has 6 heteroatoms. The van der Waals surface area contributed by atoms with Crippen LogP contribution in [0, 0.1) is 0 Å². The zero-order chi connectivity index (χ0) is 12.7. The molecule has 1 rings (SSSR count). The van der Waals surface area contributed by atoms with E-state index in [2.05, 4.69) is 15.3 Å². The second-order valence-electron chi connectivity index (χ2n) is 2.98. The zero-order valence-corrected chi connectivity index (χ0v) is 11.1. The lowest BCUT2D eigenvalue weighted by molar-refractivity contribution is 0.0601. The van der Waals surface area contributed by atoms with Crippen LogP contribution in [0.3, 0.4) is 0 Å². The van der Waals surface area contributed by atoms with E-state index in [1.807, 2.05) is 6.26 Å². The van der Waals surface area contributed by atoms with Crippen LogP contribution in [0.2, 0.25) is 0 Å². The van der Waals surface area contributed by atoms with E-state index >= 15 is 0 Å². The molecule has 0 radical (unpaired) electrons. The Morgan fingerprint density at radius 3 is 2.65 bits per heavy atom. The second kappa shape index (κ2) is 7.03. The minimum absolute atomic E-state index is 0.352. The monoisotopic (exact) mass is 268 g/mol. The lowest BCUT2D eigenvalue weighted by atomic mass is 10.1. The molecule has 1 N–H and O–H groups in total. The first-order valence-electron chi connectivity index (χ1n) is 4.72. The van der Waals surface area contributed by atoms with Crippen LogP contribution in [0.15, 0.2) is 29.4 Å². The van der Waals surface area contributed by atoms with E-state index < -0.39 is 0 Å². The van der Waals surface area contributed by atoms with Crippen LogP contribution < -0.4 is 5.43 Å². The van der Waals surface area contributed by atoms with E-state index in [9.17, 15) is 4.79 Å². The first-order valence-corrected chi connectivity index (χ1v) is 6.36. The molecule has 0 amide bonds. The Labute approximate surface area is 109 Å². The van der Waals surface area contributed by atoms with Crippen LogP contribution >= 0.6 is 24.0 Å². The molecule has 0 saturated heterocycles. The summed E-state index contributed by atoms with van der Waals surface area (Å²) in [6.07, 6.45) is 3.50. The van der Waals surface area contributed by atoms with Crippen molar-refractivity contribution in [3.05, 3.63) is 35.4 Å². The highest BCUT2D eigenvalue weighted by molar-refractivity contribution is 8.22. The first kappa shape index (κ1) is 13.7. The Morgan fingerprint density at radius 1 is 1.47 bits per heavy atom. The molecular weight excluding hydrogens is 256 g/mol. The summed E-state index contributed by atoms with van der Waals surface area (Å²) in [5.41, 5.74) is 4.08. The molecule has 0 aliphatic carbocycles. The van der Waals surface area contributed by atoms with E-state index in [1.54, 1.807) is 30.5 Å². The maximum Gasteiger partial charge on any atom is 0.337 e. The predicted molar refractivity (Wildman–Crippen MR) is 74.6 cm³/mol. The zero-order valence-electron chi connectivity index (χ0n) is 9.47. The topological polar surface area (TPSA) is 50.7 Å². The van der Waals surface area contributed by atoms with Gasteiger partial charge in [-0.25, -0.2) is 4.79 Å². The number of hydrogen-bond acceptors (Lipinski definition) is 5. The summed E-state index contributed by atoms with van der Waals surface area (Å²) >= 11 is 6.33. The number of nitrogens with one attached hydrogen (secondary N) is 1. The van der Waals surface area contributed by atoms with Gasteiger partial charge in [0, 0.05) is 0 Å². The smallest absolute Gasteiger partial charge is 0.337 e. The number of ether oxygens (including phenoxy) is 1. The number of hydrazone groups is 1. The fraction of sp³-hybridized carbons (Fsp3) is 0.182. The van der Waals surface area contributed by atoms with Crippen molar-refractivity contribution in [3.8, 4) is 0 Å². The Hall–Kier alpha value is -1.40. The molecule has 1 aromatic carbocycles. The molecule has 0 fully saturated rings. The third-order valence-corrected chi connectivity index (χ3v) is 2.94. The van der Waals surface area contributed by atoms with E-state index in [1.165, 1.54) is 18.9 Å². The first-order chi connectivity index (χ1) is 8.17. The maximum atomic E-state index is 11.2. The molecule has 0 spiro atoms. The minimum Gasteiger partial charge on any atom is -0.465 e. The van der Waals surface area contributed by atoms with Gasteiger partial charge in [-0.3, -0.25) is 5.43 Å². The summed E-state index contributed by atoms with van der Waals surface area (Å²) in [5.74, 6) is -0.352. The van der Waals surface area contributed by atoms with Crippen LogP contribution in [0.5, 0.6) is 0 Å². The van der Waals surface area contributed by atoms with Gasteiger partial charge in [0.05, 0.1) is 18.9 Å². The summed E-state index contributed by atoms with van der Waals surface area (Å²) in [4.78, 5) is 11.2. The van der Waals surface area contributed by atoms with Gasteiger partial charge in [0.15, 0.2) is 4.32 Å². The Kier molecular flexibility index (Phi) is 5.65. The lowest BCUT2D eigenvalue weighted by Crippen LogP contribution is -2.10. The second-order valence-corrected chi connectivity index (χ2v) is 4.46. The Balaban J connectivity index is 2.62. The summed E-state index contributed by atoms with van der Waals surface area (Å²) in [5, 5.41) is 3.95. The van der Waals surface area contributed by atoms with Crippen molar-refractivity contribution in [2.45, 2.75) is 0 Å². The number of esters is 1. The van der Waals surface area contributed by atoms with Crippen molar-refractivity contribution in [1.29, 1.82) is 0 Å². The van der Waals surface area contributed by atoms with Crippen molar-refractivity contribution < 1.29 is 9.53 Å². The lowest BCUT2D eigenvalue weighted by Gasteiger charge is -1.99. The Morgan fingerprint density at radius 2 is 2.12 bits per heavy atom. The molecule has 90 valence electrons. The van der Waals surface area contributed by atoms with Gasteiger partial charge in [0.1, 0.15) is 0 Å². The van der Waals surface area contributed by atoms with Gasteiger partial charge in [0.25, 0.3) is 0 Å². The Bertz CT molecular complexity index is 430. The van der Waals surface area contributed by atoms with E-state index in [4.69, 9.17) is 12.2 Å². The molecule has 1 aromatic rings. The molecule has 4 nitrogen and oxygen atoms in total. The molecule has 17 heavy (non-hydrogen) atoms. The summed E-state index contributed by atoms with van der Waals surface area (Å²) in [7, 11) is 1.35. The summed E-state index contributed by atoms with van der Waals surface area (Å²) < 4.78 is 5.20. The quantitative estimate of drug-likeness (QED) is 0.393. The third-order valence-electron chi connectivity index (χ3n) is 1.89. The van der Waals surface area contributed by atoms with Gasteiger partial charge in [-0.1, -0.05) is 36.1 Å². The number of rotatable bonds is 3. The summed E-state index contributed by atoms with van der Waals surface area (Å²) in [6, 6.07) is 6.92. The van der Waals surface area contributed by atoms with Crippen LogP contribution in [-0.2, 0) is 4.74 Å². The predicted octanol–water partition coefficient (Wildman–Crippen LogP) is 2.04. The van der Waals surface area contributed by atoms with Crippen LogP contribution in [0.1, 0.15) is 15.9 Å². The average molecular weight is 268 g/mol. The van der Waals surface area contributed by atoms with Gasteiger partial charge in [-0.05, 0) is 24.0 Å². The van der Waals surface area contributed by atoms with Gasteiger partial charge in [-0.2, -0.15) is 5.10 Å². The van der Waals surface area contributed by atoms with E-state index in [-0.39, 0.29) is 5.97 Å². The van der Waals surface area contributed by atoms with Crippen LogP contribution in [-0.4, -0.2) is 29.9 Å². The van der Waals surface area contributed by atoms with Crippen molar-refractivity contribution in [2.24, 2.45) is 5.10 Å². The molecule has 0 aliphatic rings. The largest absolute Gasteiger partial charge is 0.465 e. The van der Waals surface area contributed by atoms with E-state index in [0.29, 0.717) is 9.88 Å². The number of thioether (sulfide) groups is 1. The van der Waals surface area contributed by atoms with Crippen LogP contribution in [0.4, 0.5) is 0 Å². The number of benzene rings is 1. The normalized spacial score (nSPS) is 10.2. The highest BCUT2D eigenvalue weighted by Gasteiger charge is 2.03. The number of carbonyl (C=O) groups is 1. The number of nitrogens with zero attached hydrogens (tertiary/aromatic N) is 1. The highest BCUT2D eigenvalue weighted by Crippen LogP contribution is 2.04. The van der Waals surface area contributed by atoms with Gasteiger partial charge >= 0.3 is 5.97 Å². The van der Waals surface area contributed by atoms with Gasteiger partial charge in [-0.15, -0.1) is 0 Å². The molecular formula is C11H12N2O2S2. The number of methoxy groups -OCH3 is 1. The van der Waals surface area contributed by atoms with Crippen molar-refractivity contribution in [3.63, 3.8) is 0 Å². The minimum atomic E-state index is -0.352. The standard InChI is InChI=1S/C11H12N2O2S2/c1-15-10(14)9-5-3-8(4-6-9)7-12-13-11(16)17-2/h3-7H,1-2H3,(H,13,16)/b12-7+. The number of hydrogen-bond donors (Lipinski definition) is 1. The molecule has 0 heterocycles. The number of thiocarbonyl (C=S) groups is 1. The van der Waals surface area contributed by atoms with Crippen LogP contribution in [0.25, 0.3) is 0 Å². The van der Waals surface area contributed by atoms with Gasteiger partial charge in [0.2, 0.25) is 0 Å². The molecule has 0 aliphatic heterocycles. The number of carbonyl (C=O) groups excluding carboxylic acids is 1. The fourth-order valence-corrected chi connectivity index (χ4v) is 1.22. The van der Waals surface area contributed by atoms with Crippen molar-refractivity contribution in [1.82, 2.24) is 5.43 Å². The van der Waals surface area contributed by atoms with Crippen molar-refractivity contribution >= 4 is 40.5 Å². The molecule has 0 atom stereocenters.